The molecule has 1 fully saturated rings. The fourth-order valence-electron chi connectivity index (χ4n) is 3.65. The highest BCUT2D eigenvalue weighted by Crippen LogP contribution is 2.27. The first-order valence-electron chi connectivity index (χ1n) is 10.6. The largest absolute Gasteiger partial charge is 0.384 e. The van der Waals surface area contributed by atoms with Gasteiger partial charge in [-0.25, -0.2) is 9.37 Å². The lowest BCUT2D eigenvalue weighted by molar-refractivity contribution is 0.0373. The maximum Gasteiger partial charge on any atom is 0.148 e. The van der Waals surface area contributed by atoms with E-state index >= 15 is 0 Å². The molecule has 5 nitrogen and oxygen atoms in total. The zero-order valence-corrected chi connectivity index (χ0v) is 18.1. The predicted molar refractivity (Wildman–Crippen MR) is 125 cm³/mol. The van der Waals surface area contributed by atoms with Gasteiger partial charge in [-0.3, -0.25) is 9.88 Å². The number of halogens is 2. The molecule has 1 aliphatic heterocycles. The van der Waals surface area contributed by atoms with Crippen molar-refractivity contribution in [2.24, 2.45) is 0 Å². The molecule has 4 rings (SSSR count). The number of hydrogen-bond acceptors (Lipinski definition) is 5. The van der Waals surface area contributed by atoms with Crippen molar-refractivity contribution in [2.75, 3.05) is 44.7 Å². The normalized spacial score (nSPS) is 15.0. The molecule has 1 saturated heterocycles. The minimum absolute atomic E-state index is 0.357. The Morgan fingerprint density at radius 2 is 2.00 bits per heavy atom. The van der Waals surface area contributed by atoms with E-state index in [1.54, 1.807) is 18.3 Å². The maximum atomic E-state index is 13.9. The number of rotatable bonds is 8. The van der Waals surface area contributed by atoms with Crippen LogP contribution in [0, 0.1) is 5.82 Å². The minimum Gasteiger partial charge on any atom is -0.384 e. The van der Waals surface area contributed by atoms with E-state index in [9.17, 15) is 4.39 Å². The van der Waals surface area contributed by atoms with Crippen molar-refractivity contribution in [2.45, 2.75) is 12.8 Å². The summed E-state index contributed by atoms with van der Waals surface area (Å²) in [5.74, 6) is -0.357. The number of pyridine rings is 2. The summed E-state index contributed by atoms with van der Waals surface area (Å²) in [4.78, 5) is 10.9. The highest BCUT2D eigenvalue weighted by molar-refractivity contribution is 6.31. The third kappa shape index (κ3) is 6.00. The molecule has 162 valence electrons. The molecule has 1 N–H and O–H groups in total. The summed E-state index contributed by atoms with van der Waals surface area (Å²) in [5, 5.41) is 5.20. The zero-order valence-electron chi connectivity index (χ0n) is 17.4. The molecule has 0 saturated carbocycles. The second-order valence-electron chi connectivity index (χ2n) is 7.57. The van der Waals surface area contributed by atoms with Crippen LogP contribution in [0.15, 0.2) is 42.7 Å². The number of aromatic nitrogens is 2. The van der Waals surface area contributed by atoms with Crippen LogP contribution in [0.5, 0.6) is 0 Å². The first kappa shape index (κ1) is 21.7. The Bertz CT molecular complexity index is 1050. The molecule has 0 unspecified atom stereocenters. The average Bonchev–Trinajstić information content (AvgIpc) is 2.79. The van der Waals surface area contributed by atoms with E-state index in [0.29, 0.717) is 10.6 Å². The fourth-order valence-corrected chi connectivity index (χ4v) is 3.83. The second-order valence-corrected chi connectivity index (χ2v) is 8.01. The van der Waals surface area contributed by atoms with E-state index in [0.717, 1.165) is 74.5 Å². The van der Waals surface area contributed by atoms with Gasteiger partial charge in [0.1, 0.15) is 5.82 Å². The van der Waals surface area contributed by atoms with Gasteiger partial charge in [0.15, 0.2) is 0 Å². The molecule has 0 bridgehead atoms. The summed E-state index contributed by atoms with van der Waals surface area (Å²) in [5.41, 5.74) is 3.05. The van der Waals surface area contributed by atoms with Crippen molar-refractivity contribution < 1.29 is 9.13 Å². The van der Waals surface area contributed by atoms with E-state index in [1.807, 2.05) is 30.3 Å². The van der Waals surface area contributed by atoms with Crippen molar-refractivity contribution >= 4 is 40.3 Å². The van der Waals surface area contributed by atoms with Crippen LogP contribution in [0.25, 0.3) is 23.1 Å². The van der Waals surface area contributed by atoms with Gasteiger partial charge in [0.05, 0.1) is 30.6 Å². The first-order valence-corrected chi connectivity index (χ1v) is 11.0. The number of anilines is 1. The molecule has 1 aromatic carbocycles. The first-order chi connectivity index (χ1) is 15.2. The zero-order chi connectivity index (χ0) is 21.5. The average molecular weight is 441 g/mol. The summed E-state index contributed by atoms with van der Waals surface area (Å²) in [6.07, 6.45) is 8.51. The van der Waals surface area contributed by atoms with Gasteiger partial charge < -0.3 is 10.1 Å². The van der Waals surface area contributed by atoms with Gasteiger partial charge in [0.2, 0.25) is 0 Å². The van der Waals surface area contributed by atoms with E-state index in [2.05, 4.69) is 20.2 Å². The Kier molecular flexibility index (Phi) is 7.46. The lowest BCUT2D eigenvalue weighted by atomic mass is 10.1. The highest BCUT2D eigenvalue weighted by Gasteiger charge is 2.10. The van der Waals surface area contributed by atoms with E-state index in [4.69, 9.17) is 16.3 Å². The van der Waals surface area contributed by atoms with Crippen molar-refractivity contribution in [1.29, 1.82) is 0 Å². The molecule has 0 atom stereocenters. The minimum atomic E-state index is -0.357. The van der Waals surface area contributed by atoms with Gasteiger partial charge in [-0.15, -0.1) is 0 Å². The van der Waals surface area contributed by atoms with Gasteiger partial charge in [-0.2, -0.15) is 0 Å². The maximum absolute atomic E-state index is 13.9. The Morgan fingerprint density at radius 1 is 1.13 bits per heavy atom. The number of ether oxygens (including phenoxy) is 1. The quantitative estimate of drug-likeness (QED) is 0.493. The smallest absolute Gasteiger partial charge is 0.148 e. The van der Waals surface area contributed by atoms with Gasteiger partial charge >= 0.3 is 0 Å². The molecule has 0 aliphatic carbocycles. The monoisotopic (exact) mass is 440 g/mol. The molecule has 3 aromatic rings. The molecule has 7 heteroatoms. The van der Waals surface area contributed by atoms with Gasteiger partial charge in [-0.1, -0.05) is 11.6 Å². The third-order valence-corrected chi connectivity index (χ3v) is 5.58. The lowest BCUT2D eigenvalue weighted by Crippen LogP contribution is -2.36. The standard InChI is InChI=1S/C24H26ClFN4O/c25-19-4-6-23-21(15-19)24(28-8-1-2-10-30-11-13-31-14-12-30)16-20(29-23)5-3-18-7-9-27-17-22(18)26/h3-7,9,15-17H,1-2,8,10-14H2,(H,28,29)/b5-3+. The summed E-state index contributed by atoms with van der Waals surface area (Å²) in [6.45, 7) is 5.67. The van der Waals surface area contributed by atoms with Crippen LogP contribution >= 0.6 is 11.6 Å². The van der Waals surface area contributed by atoms with Crippen LogP contribution in [0.4, 0.5) is 10.1 Å². The van der Waals surface area contributed by atoms with E-state index < -0.39 is 0 Å². The molecule has 1 aliphatic rings. The number of benzene rings is 1. The number of nitrogens with zero attached hydrogens (tertiary/aromatic N) is 3. The van der Waals surface area contributed by atoms with E-state index in [1.165, 1.54) is 6.20 Å². The number of fused-ring (bicyclic) bond motifs is 1. The molecular weight excluding hydrogens is 415 g/mol. The Labute approximate surface area is 186 Å². The summed E-state index contributed by atoms with van der Waals surface area (Å²) in [7, 11) is 0. The predicted octanol–water partition coefficient (Wildman–Crippen LogP) is 5.12. The van der Waals surface area contributed by atoms with Crippen molar-refractivity contribution in [1.82, 2.24) is 14.9 Å². The van der Waals surface area contributed by atoms with E-state index in [-0.39, 0.29) is 5.82 Å². The van der Waals surface area contributed by atoms with Crippen molar-refractivity contribution in [3.8, 4) is 0 Å². The van der Waals surface area contributed by atoms with Crippen LogP contribution in [0.2, 0.25) is 5.02 Å². The van der Waals surface area contributed by atoms with Crippen molar-refractivity contribution in [3.05, 3.63) is 64.8 Å². The van der Waals surface area contributed by atoms with Crippen LogP contribution in [-0.4, -0.2) is 54.3 Å². The third-order valence-electron chi connectivity index (χ3n) is 5.35. The van der Waals surface area contributed by atoms with Crippen LogP contribution in [0.3, 0.4) is 0 Å². The summed E-state index contributed by atoms with van der Waals surface area (Å²) >= 11 is 6.23. The van der Waals surface area contributed by atoms with Crippen LogP contribution in [-0.2, 0) is 4.74 Å². The van der Waals surface area contributed by atoms with Crippen LogP contribution in [0.1, 0.15) is 24.1 Å². The Balaban J connectivity index is 1.45. The number of unbranched alkanes of at least 4 members (excludes halogenated alkanes) is 1. The van der Waals surface area contributed by atoms with Gasteiger partial charge in [0.25, 0.3) is 0 Å². The lowest BCUT2D eigenvalue weighted by Gasteiger charge is -2.26. The molecular formula is C24H26ClFN4O. The van der Waals surface area contributed by atoms with Crippen molar-refractivity contribution in [3.63, 3.8) is 0 Å². The molecule has 2 aromatic heterocycles. The van der Waals surface area contributed by atoms with Gasteiger partial charge in [-0.05, 0) is 61.9 Å². The number of nitrogens with one attached hydrogen (secondary N) is 1. The number of hydrogen-bond donors (Lipinski definition) is 1. The Morgan fingerprint density at radius 3 is 2.84 bits per heavy atom. The SMILES string of the molecule is Fc1cnccc1/C=C/c1cc(NCCCCN2CCOCC2)c2cc(Cl)ccc2n1. The Hall–Kier alpha value is -2.54. The summed E-state index contributed by atoms with van der Waals surface area (Å²) < 4.78 is 19.3. The number of morpholine rings is 1. The molecule has 0 amide bonds. The second kappa shape index (κ2) is 10.7. The van der Waals surface area contributed by atoms with Crippen LogP contribution < -0.4 is 5.32 Å². The molecule has 0 radical (unpaired) electrons. The molecule has 0 spiro atoms. The fraction of sp³-hybridized carbons (Fsp3) is 0.333. The highest BCUT2D eigenvalue weighted by atomic mass is 35.5. The molecule has 3 heterocycles. The summed E-state index contributed by atoms with van der Waals surface area (Å²) in [6, 6.07) is 9.29. The van der Waals surface area contributed by atoms with Gasteiger partial charge in [0, 0.05) is 47.5 Å². The topological polar surface area (TPSA) is 50.3 Å². The molecule has 31 heavy (non-hydrogen) atoms.